The fraction of sp³-hybridized carbons (Fsp3) is 0.200. The van der Waals surface area contributed by atoms with Crippen molar-refractivity contribution in [2.24, 2.45) is 0 Å². The second kappa shape index (κ2) is 4.13. The maximum absolute atomic E-state index is 11.2. The maximum Gasteiger partial charge on any atom is 0.255 e. The van der Waals surface area contributed by atoms with E-state index >= 15 is 0 Å². The van der Waals surface area contributed by atoms with Crippen LogP contribution in [0.15, 0.2) is 60.7 Å². The Hall–Kier alpha value is -1.38. The molecule has 1 N–H and O–H groups in total. The molecule has 1 aliphatic carbocycles. The van der Waals surface area contributed by atoms with Gasteiger partial charge >= 0.3 is 0 Å². The molecule has 0 radical (unpaired) electrons. The van der Waals surface area contributed by atoms with Crippen molar-refractivity contribution >= 4 is 18.7 Å². The molecule has 2 heteroatoms. The molecule has 0 aromatic heterocycles. The highest BCUT2D eigenvalue weighted by Gasteiger charge is 2.49. The average molecular weight is 240 g/mol. The molecule has 17 heavy (non-hydrogen) atoms. The molecular weight excluding hydrogens is 224 g/mol. The molecule has 0 bridgehead atoms. The van der Waals surface area contributed by atoms with Crippen molar-refractivity contribution in [2.75, 3.05) is 0 Å². The molecule has 1 fully saturated rings. The molecule has 86 valence electrons. The van der Waals surface area contributed by atoms with Crippen LogP contribution in [0.25, 0.3) is 0 Å². The van der Waals surface area contributed by atoms with Crippen LogP contribution in [0.1, 0.15) is 12.8 Å². The van der Waals surface area contributed by atoms with Crippen LogP contribution in [0, 0.1) is 0 Å². The largest absolute Gasteiger partial charge is 0.424 e. The fourth-order valence-corrected chi connectivity index (χ4v) is 6.20. The number of rotatable bonds is 3. The Balaban J connectivity index is 2.11. The van der Waals surface area contributed by atoms with Gasteiger partial charge in [0.15, 0.2) is 0 Å². The molecule has 1 aliphatic rings. The van der Waals surface area contributed by atoms with E-state index in [1.807, 2.05) is 36.4 Å². The Morgan fingerprint density at radius 2 is 1.18 bits per heavy atom. The standard InChI is InChI=1S/C15H16OSi/c16-17(15-11-12-15,13-7-3-1-4-8-13)14-9-5-2-6-10-14/h1-10,15-16H,11-12H2. The predicted molar refractivity (Wildman–Crippen MR) is 73.1 cm³/mol. The zero-order valence-corrected chi connectivity index (χ0v) is 10.7. The zero-order valence-electron chi connectivity index (χ0n) is 9.71. The summed E-state index contributed by atoms with van der Waals surface area (Å²) in [5.41, 5.74) is 0.507. The predicted octanol–water partition coefficient (Wildman–Crippen LogP) is 1.90. The van der Waals surface area contributed by atoms with Gasteiger partial charge in [0, 0.05) is 0 Å². The Morgan fingerprint density at radius 1 is 0.765 bits per heavy atom. The van der Waals surface area contributed by atoms with Gasteiger partial charge in [-0.15, -0.1) is 0 Å². The van der Waals surface area contributed by atoms with Crippen LogP contribution in [0.3, 0.4) is 0 Å². The van der Waals surface area contributed by atoms with Crippen molar-refractivity contribution in [3.05, 3.63) is 60.7 Å². The van der Waals surface area contributed by atoms with E-state index < -0.39 is 8.32 Å². The van der Waals surface area contributed by atoms with Crippen LogP contribution in [-0.2, 0) is 0 Å². The minimum absolute atomic E-state index is 0.507. The molecule has 1 saturated carbocycles. The van der Waals surface area contributed by atoms with Crippen molar-refractivity contribution in [1.82, 2.24) is 0 Å². The van der Waals surface area contributed by atoms with E-state index in [1.165, 1.54) is 12.8 Å². The Labute approximate surface area is 103 Å². The first-order valence-electron chi connectivity index (χ1n) is 6.15. The van der Waals surface area contributed by atoms with E-state index in [1.54, 1.807) is 0 Å². The Morgan fingerprint density at radius 3 is 1.53 bits per heavy atom. The number of hydrogen-bond donors (Lipinski definition) is 1. The summed E-state index contributed by atoms with van der Waals surface area (Å²) in [4.78, 5) is 11.2. The molecule has 2 aromatic rings. The summed E-state index contributed by atoms with van der Waals surface area (Å²) >= 11 is 0. The van der Waals surface area contributed by atoms with Gasteiger partial charge in [-0.1, -0.05) is 60.7 Å². The molecule has 0 amide bonds. The smallest absolute Gasteiger partial charge is 0.255 e. The normalized spacial score (nSPS) is 15.8. The van der Waals surface area contributed by atoms with E-state index in [0.29, 0.717) is 5.54 Å². The lowest BCUT2D eigenvalue weighted by atomic mass is 10.4. The van der Waals surface area contributed by atoms with Crippen molar-refractivity contribution < 1.29 is 4.80 Å². The Kier molecular flexibility index (Phi) is 2.61. The monoisotopic (exact) mass is 240 g/mol. The van der Waals surface area contributed by atoms with E-state index in [-0.39, 0.29) is 0 Å². The van der Waals surface area contributed by atoms with Crippen molar-refractivity contribution in [2.45, 2.75) is 18.4 Å². The zero-order chi connectivity index (χ0) is 11.7. The van der Waals surface area contributed by atoms with Gasteiger partial charge in [0.25, 0.3) is 8.32 Å². The van der Waals surface area contributed by atoms with E-state index in [9.17, 15) is 4.80 Å². The molecule has 0 saturated heterocycles. The molecule has 1 nitrogen and oxygen atoms in total. The van der Waals surface area contributed by atoms with Gasteiger partial charge in [0.05, 0.1) is 0 Å². The topological polar surface area (TPSA) is 20.2 Å². The molecule has 0 heterocycles. The third-order valence-corrected chi connectivity index (χ3v) is 7.78. The molecular formula is C15H16OSi. The van der Waals surface area contributed by atoms with Crippen molar-refractivity contribution in [1.29, 1.82) is 0 Å². The molecule has 0 spiro atoms. The minimum Gasteiger partial charge on any atom is -0.424 e. The van der Waals surface area contributed by atoms with Gasteiger partial charge in [-0.3, -0.25) is 0 Å². The first-order chi connectivity index (χ1) is 8.32. The van der Waals surface area contributed by atoms with Crippen LogP contribution in [0.4, 0.5) is 0 Å². The van der Waals surface area contributed by atoms with Crippen molar-refractivity contribution in [3.63, 3.8) is 0 Å². The highest BCUT2D eigenvalue weighted by Crippen LogP contribution is 2.43. The minimum atomic E-state index is -2.47. The first kappa shape index (κ1) is 10.8. The Bertz CT molecular complexity index is 451. The van der Waals surface area contributed by atoms with Crippen molar-refractivity contribution in [3.8, 4) is 0 Å². The number of benzene rings is 2. The lowest BCUT2D eigenvalue weighted by molar-refractivity contribution is 0.563. The SMILES string of the molecule is O[Si](c1ccccc1)(c1ccccc1)C1CC1. The summed E-state index contributed by atoms with van der Waals surface area (Å²) in [5, 5.41) is 2.29. The quantitative estimate of drug-likeness (QED) is 0.813. The summed E-state index contributed by atoms with van der Waals surface area (Å²) in [5.74, 6) is 0. The lowest BCUT2D eigenvalue weighted by Crippen LogP contribution is -2.59. The van der Waals surface area contributed by atoms with Crippen LogP contribution in [0.5, 0.6) is 0 Å². The second-order valence-electron chi connectivity index (χ2n) is 4.77. The summed E-state index contributed by atoms with van der Waals surface area (Å²) in [6.45, 7) is 0. The van der Waals surface area contributed by atoms with Gasteiger partial charge in [-0.05, 0) is 28.8 Å². The van der Waals surface area contributed by atoms with Crippen LogP contribution in [-0.4, -0.2) is 13.1 Å². The highest BCUT2D eigenvalue weighted by molar-refractivity contribution is 6.98. The van der Waals surface area contributed by atoms with Crippen LogP contribution < -0.4 is 10.4 Å². The maximum atomic E-state index is 11.2. The van der Waals surface area contributed by atoms with Gasteiger partial charge in [0.2, 0.25) is 0 Å². The molecule has 0 atom stereocenters. The second-order valence-corrected chi connectivity index (χ2v) is 8.28. The van der Waals surface area contributed by atoms with Gasteiger partial charge < -0.3 is 4.80 Å². The average Bonchev–Trinajstić information content (AvgIpc) is 3.24. The van der Waals surface area contributed by atoms with E-state index in [0.717, 1.165) is 10.4 Å². The third kappa shape index (κ3) is 1.83. The summed E-state index contributed by atoms with van der Waals surface area (Å²) in [7, 11) is -2.47. The summed E-state index contributed by atoms with van der Waals surface area (Å²) in [6, 6.07) is 20.4. The molecule has 0 unspecified atom stereocenters. The molecule has 0 aliphatic heterocycles. The number of hydrogen-bond acceptors (Lipinski definition) is 1. The van der Waals surface area contributed by atoms with Gasteiger partial charge in [-0.25, -0.2) is 0 Å². The van der Waals surface area contributed by atoms with Gasteiger partial charge in [-0.2, -0.15) is 0 Å². The highest BCUT2D eigenvalue weighted by atomic mass is 28.4. The lowest BCUT2D eigenvalue weighted by Gasteiger charge is -2.26. The van der Waals surface area contributed by atoms with E-state index in [2.05, 4.69) is 24.3 Å². The van der Waals surface area contributed by atoms with Crippen LogP contribution in [0.2, 0.25) is 5.54 Å². The third-order valence-electron chi connectivity index (χ3n) is 3.60. The van der Waals surface area contributed by atoms with Gasteiger partial charge in [0.1, 0.15) is 0 Å². The summed E-state index contributed by atoms with van der Waals surface area (Å²) in [6.07, 6.45) is 2.35. The first-order valence-corrected chi connectivity index (χ1v) is 8.17. The summed E-state index contributed by atoms with van der Waals surface area (Å²) < 4.78 is 0. The molecule has 3 rings (SSSR count). The molecule has 2 aromatic carbocycles. The van der Waals surface area contributed by atoms with E-state index in [4.69, 9.17) is 0 Å². The fourth-order valence-electron chi connectivity index (χ4n) is 2.52. The van der Waals surface area contributed by atoms with Crippen LogP contribution >= 0.6 is 0 Å².